The van der Waals surface area contributed by atoms with Crippen LogP contribution in [0.3, 0.4) is 0 Å². The number of nitrogens with zero attached hydrogens (tertiary/aromatic N) is 2. The third-order valence-corrected chi connectivity index (χ3v) is 7.59. The van der Waals surface area contributed by atoms with Gasteiger partial charge in [-0.25, -0.2) is 4.98 Å². The molecule has 214 valence electrons. The first-order chi connectivity index (χ1) is 18.5. The number of aliphatic hydroxyl groups excluding tert-OH is 1. The van der Waals surface area contributed by atoms with Gasteiger partial charge >= 0.3 is 0 Å². The molecule has 3 amide bonds. The lowest BCUT2D eigenvalue weighted by atomic mass is 9.85. The molecule has 0 aliphatic carbocycles. The van der Waals surface area contributed by atoms with Crippen LogP contribution in [0.4, 0.5) is 0 Å². The number of ether oxygens (including phenoxy) is 2. The van der Waals surface area contributed by atoms with Gasteiger partial charge in [0.05, 0.1) is 42.0 Å². The maximum atomic E-state index is 13.6. The zero-order chi connectivity index (χ0) is 28.6. The lowest BCUT2D eigenvalue weighted by Crippen LogP contribution is -2.57. The van der Waals surface area contributed by atoms with E-state index in [0.717, 1.165) is 21.7 Å². The van der Waals surface area contributed by atoms with Crippen molar-refractivity contribution in [2.75, 3.05) is 33.5 Å². The summed E-state index contributed by atoms with van der Waals surface area (Å²) in [6, 6.07) is 6.20. The average molecular weight is 561 g/mol. The number of rotatable bonds is 12. The summed E-state index contributed by atoms with van der Waals surface area (Å²) in [6.07, 6.45) is -0.589. The van der Waals surface area contributed by atoms with E-state index in [-0.39, 0.29) is 44.4 Å². The van der Waals surface area contributed by atoms with Crippen LogP contribution in [0.2, 0.25) is 0 Å². The summed E-state index contributed by atoms with van der Waals surface area (Å²) in [5.74, 6) is -1.05. The highest BCUT2D eigenvalue weighted by molar-refractivity contribution is 7.13. The summed E-state index contributed by atoms with van der Waals surface area (Å²) < 4.78 is 10.3. The van der Waals surface area contributed by atoms with Crippen LogP contribution in [0.1, 0.15) is 44.9 Å². The van der Waals surface area contributed by atoms with Gasteiger partial charge in [0.2, 0.25) is 17.7 Å². The number of carbonyl (C=O) groups excluding carboxylic acids is 3. The SMILES string of the molecule is COCCOCCC(=O)NC(C(=O)N1C[C@H](O)C[C@H]1C(=O)NCc1ccc(-c2scnc2C)cc1)C(C)(C)C. The third-order valence-electron chi connectivity index (χ3n) is 6.62. The van der Waals surface area contributed by atoms with Gasteiger partial charge in [0.15, 0.2) is 0 Å². The first kappa shape index (κ1) is 30.7. The molecule has 1 aliphatic heterocycles. The minimum absolute atomic E-state index is 0.0302. The minimum Gasteiger partial charge on any atom is -0.391 e. The fraction of sp³-hybridized carbons (Fsp3) is 0.571. The molecule has 11 heteroatoms. The van der Waals surface area contributed by atoms with Crippen molar-refractivity contribution in [1.29, 1.82) is 0 Å². The van der Waals surface area contributed by atoms with Crippen molar-refractivity contribution in [2.45, 2.75) is 65.3 Å². The summed E-state index contributed by atoms with van der Waals surface area (Å²) >= 11 is 1.58. The molecule has 1 aromatic carbocycles. The number of methoxy groups -OCH3 is 1. The van der Waals surface area contributed by atoms with Crippen molar-refractivity contribution in [3.63, 3.8) is 0 Å². The van der Waals surface area contributed by atoms with E-state index >= 15 is 0 Å². The normalized spacial score (nSPS) is 18.2. The molecule has 0 bridgehead atoms. The second kappa shape index (κ2) is 14.0. The Kier molecular flexibility index (Phi) is 11.0. The monoisotopic (exact) mass is 560 g/mol. The van der Waals surface area contributed by atoms with E-state index in [4.69, 9.17) is 9.47 Å². The highest BCUT2D eigenvalue weighted by atomic mass is 32.1. The van der Waals surface area contributed by atoms with Gasteiger partial charge in [-0.3, -0.25) is 14.4 Å². The summed E-state index contributed by atoms with van der Waals surface area (Å²) in [7, 11) is 1.57. The summed E-state index contributed by atoms with van der Waals surface area (Å²) in [5.41, 5.74) is 4.16. The van der Waals surface area contributed by atoms with Crippen LogP contribution in [0.15, 0.2) is 29.8 Å². The van der Waals surface area contributed by atoms with Gasteiger partial charge in [0, 0.05) is 33.0 Å². The molecule has 1 unspecified atom stereocenters. The molecule has 1 aromatic heterocycles. The van der Waals surface area contributed by atoms with E-state index in [1.807, 2.05) is 57.5 Å². The molecule has 1 aliphatic rings. The fourth-order valence-electron chi connectivity index (χ4n) is 4.42. The van der Waals surface area contributed by atoms with Gasteiger partial charge < -0.3 is 30.1 Å². The van der Waals surface area contributed by atoms with Crippen molar-refractivity contribution in [1.82, 2.24) is 20.5 Å². The molecule has 1 saturated heterocycles. The van der Waals surface area contributed by atoms with Crippen LogP contribution >= 0.6 is 11.3 Å². The number of carbonyl (C=O) groups is 3. The highest BCUT2D eigenvalue weighted by Gasteiger charge is 2.44. The van der Waals surface area contributed by atoms with E-state index in [1.165, 1.54) is 4.90 Å². The zero-order valence-corrected chi connectivity index (χ0v) is 24.2. The number of β-amino-alcohol motifs (C(OH)–C–C–N with tert-alkyl or cyclic N) is 1. The van der Waals surface area contributed by atoms with Crippen molar-refractivity contribution < 1.29 is 29.0 Å². The smallest absolute Gasteiger partial charge is 0.246 e. The number of aryl methyl sites for hydroxylation is 1. The van der Waals surface area contributed by atoms with Gasteiger partial charge in [0.25, 0.3) is 0 Å². The largest absolute Gasteiger partial charge is 0.391 e. The van der Waals surface area contributed by atoms with Gasteiger partial charge in [-0.05, 0) is 23.5 Å². The molecule has 0 spiro atoms. The van der Waals surface area contributed by atoms with Crippen molar-refractivity contribution in [3.8, 4) is 10.4 Å². The first-order valence-corrected chi connectivity index (χ1v) is 14.0. The highest BCUT2D eigenvalue weighted by Crippen LogP contribution is 2.28. The molecule has 1 fully saturated rings. The number of thiazole rings is 1. The van der Waals surface area contributed by atoms with E-state index in [2.05, 4.69) is 15.6 Å². The lowest BCUT2D eigenvalue weighted by molar-refractivity contribution is -0.144. The molecule has 2 heterocycles. The maximum absolute atomic E-state index is 13.6. The maximum Gasteiger partial charge on any atom is 0.246 e. The van der Waals surface area contributed by atoms with Crippen LogP contribution in [0.25, 0.3) is 10.4 Å². The van der Waals surface area contributed by atoms with Gasteiger partial charge in [0.1, 0.15) is 12.1 Å². The Bertz CT molecular complexity index is 1110. The zero-order valence-electron chi connectivity index (χ0n) is 23.4. The van der Waals surface area contributed by atoms with Crippen molar-refractivity contribution in [2.24, 2.45) is 5.41 Å². The third kappa shape index (κ3) is 8.56. The molecule has 2 aromatic rings. The first-order valence-electron chi connectivity index (χ1n) is 13.1. The number of aromatic nitrogens is 1. The van der Waals surface area contributed by atoms with E-state index in [9.17, 15) is 19.5 Å². The molecule has 3 atom stereocenters. The molecular weight excluding hydrogens is 520 g/mol. The van der Waals surface area contributed by atoms with Crippen LogP contribution in [-0.2, 0) is 30.4 Å². The molecule has 3 rings (SSSR count). The fourth-order valence-corrected chi connectivity index (χ4v) is 5.23. The van der Waals surface area contributed by atoms with Crippen LogP contribution < -0.4 is 10.6 Å². The predicted molar refractivity (Wildman–Crippen MR) is 149 cm³/mol. The molecule has 3 N–H and O–H groups in total. The Morgan fingerprint density at radius 1 is 1.18 bits per heavy atom. The van der Waals surface area contributed by atoms with Gasteiger partial charge in [-0.2, -0.15) is 0 Å². The lowest BCUT2D eigenvalue weighted by Gasteiger charge is -2.35. The molecule has 0 saturated carbocycles. The minimum atomic E-state index is -0.868. The number of benzene rings is 1. The van der Waals surface area contributed by atoms with E-state index < -0.39 is 29.5 Å². The second-order valence-corrected chi connectivity index (χ2v) is 11.7. The number of hydrogen-bond acceptors (Lipinski definition) is 8. The molecule has 39 heavy (non-hydrogen) atoms. The summed E-state index contributed by atoms with van der Waals surface area (Å²) in [4.78, 5) is 46.2. The molecule has 0 radical (unpaired) electrons. The number of aliphatic hydroxyl groups is 1. The standard InChI is InChI=1S/C28H40N4O6S/c1-18-24(39-17-30-18)20-8-6-19(7-9-20)15-29-26(35)22-14-21(33)16-32(22)27(36)25(28(2,3)4)31-23(34)10-11-38-13-12-37-5/h6-9,17,21-22,25,33H,10-16H2,1-5H3,(H,29,35)(H,31,34)/t21-,22+,25?/m1/s1. The summed E-state index contributed by atoms with van der Waals surface area (Å²) in [6.45, 7) is 8.86. The number of amides is 3. The quantitative estimate of drug-likeness (QED) is 0.340. The Morgan fingerprint density at radius 3 is 2.51 bits per heavy atom. The van der Waals surface area contributed by atoms with Crippen LogP contribution in [-0.4, -0.2) is 84.4 Å². The topological polar surface area (TPSA) is 130 Å². The van der Waals surface area contributed by atoms with Gasteiger partial charge in [-0.15, -0.1) is 11.3 Å². The summed E-state index contributed by atoms with van der Waals surface area (Å²) in [5, 5.41) is 16.1. The Hall–Kier alpha value is -2.86. The van der Waals surface area contributed by atoms with E-state index in [0.29, 0.717) is 13.2 Å². The van der Waals surface area contributed by atoms with Crippen molar-refractivity contribution in [3.05, 3.63) is 41.0 Å². The Labute approximate surface area is 234 Å². The number of hydrogen-bond donors (Lipinski definition) is 3. The number of nitrogens with one attached hydrogen (secondary N) is 2. The number of likely N-dealkylation sites (tertiary alicyclic amines) is 1. The molecule has 10 nitrogen and oxygen atoms in total. The Balaban J connectivity index is 1.61. The predicted octanol–water partition coefficient (Wildman–Crippen LogP) is 2.28. The average Bonchev–Trinajstić information content (AvgIpc) is 3.50. The van der Waals surface area contributed by atoms with Crippen LogP contribution in [0.5, 0.6) is 0 Å². The Morgan fingerprint density at radius 2 is 1.90 bits per heavy atom. The van der Waals surface area contributed by atoms with Gasteiger partial charge in [-0.1, -0.05) is 45.0 Å². The second-order valence-electron chi connectivity index (χ2n) is 10.8. The van der Waals surface area contributed by atoms with Crippen molar-refractivity contribution >= 4 is 29.1 Å². The van der Waals surface area contributed by atoms with Crippen LogP contribution in [0, 0.1) is 12.3 Å². The van der Waals surface area contributed by atoms with E-state index in [1.54, 1.807) is 18.4 Å². The molecular formula is C28H40N4O6S.